The van der Waals surface area contributed by atoms with Gasteiger partial charge in [-0.3, -0.25) is 0 Å². The van der Waals surface area contributed by atoms with Crippen LogP contribution in [0, 0.1) is 0 Å². The second kappa shape index (κ2) is 7.87. The number of aliphatic hydroxyl groups excluding tert-OH is 2. The van der Waals surface area contributed by atoms with Crippen molar-refractivity contribution >= 4 is 10.8 Å². The van der Waals surface area contributed by atoms with Gasteiger partial charge in [0.1, 0.15) is 11.4 Å². The molecule has 1 saturated heterocycles. The van der Waals surface area contributed by atoms with Gasteiger partial charge in [0, 0.05) is 37.0 Å². The van der Waals surface area contributed by atoms with Crippen molar-refractivity contribution < 1.29 is 14.9 Å². The lowest BCUT2D eigenvalue weighted by atomic mass is 9.81. The minimum atomic E-state index is -0.494. The normalized spacial score (nSPS) is 23.0. The van der Waals surface area contributed by atoms with Gasteiger partial charge in [-0.1, -0.05) is 54.6 Å². The lowest BCUT2D eigenvalue weighted by Crippen LogP contribution is -2.51. The van der Waals surface area contributed by atoms with E-state index in [-0.39, 0.29) is 5.60 Å². The molecule has 0 radical (unpaired) electrons. The van der Waals surface area contributed by atoms with Crippen molar-refractivity contribution in [3.05, 3.63) is 76.9 Å². The molecule has 1 aliphatic carbocycles. The van der Waals surface area contributed by atoms with Crippen molar-refractivity contribution in [1.82, 2.24) is 4.90 Å². The zero-order valence-corrected chi connectivity index (χ0v) is 18.5. The highest BCUT2D eigenvalue weighted by Gasteiger charge is 2.43. The average molecular weight is 430 g/mol. The number of aryl methyl sites for hydroxylation is 2. The molecular weight excluding hydrogens is 398 g/mol. The minimum absolute atomic E-state index is 0.328. The quantitative estimate of drug-likeness (QED) is 0.633. The van der Waals surface area contributed by atoms with Crippen LogP contribution in [-0.2, 0) is 12.8 Å². The van der Waals surface area contributed by atoms with E-state index in [0.29, 0.717) is 13.0 Å². The molecule has 0 aromatic heterocycles. The molecule has 4 heteroatoms. The van der Waals surface area contributed by atoms with Crippen molar-refractivity contribution in [2.24, 2.45) is 0 Å². The molecule has 3 aromatic carbocycles. The zero-order valence-electron chi connectivity index (χ0n) is 18.5. The van der Waals surface area contributed by atoms with Gasteiger partial charge in [-0.25, -0.2) is 0 Å². The third-order valence-electron chi connectivity index (χ3n) is 7.86. The van der Waals surface area contributed by atoms with Crippen molar-refractivity contribution in [2.45, 2.75) is 56.3 Å². The number of piperidine rings is 1. The second-order valence-corrected chi connectivity index (χ2v) is 9.91. The van der Waals surface area contributed by atoms with Crippen LogP contribution in [0.2, 0.25) is 0 Å². The number of aliphatic hydroxyl groups is 2. The van der Waals surface area contributed by atoms with E-state index in [1.54, 1.807) is 0 Å². The van der Waals surface area contributed by atoms with Crippen LogP contribution in [0.4, 0.5) is 0 Å². The molecule has 2 heterocycles. The molecule has 3 aromatic rings. The van der Waals surface area contributed by atoms with Crippen LogP contribution < -0.4 is 4.74 Å². The summed E-state index contributed by atoms with van der Waals surface area (Å²) in [5.41, 5.74) is 4.47. The molecule has 0 bridgehead atoms. The first-order valence-electron chi connectivity index (χ1n) is 12.0. The standard InChI is InChI=1S/C28H31NO3/c30-25-17-28(32-27-23-7-2-1-4-20(23)10-11-24(25)27)12-14-29(15-13-28)18-26(31)22-9-8-19-5-3-6-21(19)16-22/h1-2,4,7-11,16,25-26,30-31H,3,5-6,12-15,17-18H2/t25-,26-/m0/s1. The number of rotatable bonds is 3. The van der Waals surface area contributed by atoms with Gasteiger partial charge < -0.3 is 19.8 Å². The molecule has 1 fully saturated rings. The summed E-state index contributed by atoms with van der Waals surface area (Å²) in [6.45, 7) is 2.39. The molecular formula is C28H31NO3. The largest absolute Gasteiger partial charge is 0.486 e. The molecule has 1 spiro atoms. The van der Waals surface area contributed by atoms with E-state index in [0.717, 1.165) is 60.0 Å². The minimum Gasteiger partial charge on any atom is -0.486 e. The van der Waals surface area contributed by atoms with Crippen LogP contribution in [-0.4, -0.2) is 40.3 Å². The smallest absolute Gasteiger partial charge is 0.133 e. The summed E-state index contributed by atoms with van der Waals surface area (Å²) in [6.07, 6.45) is 4.95. The molecule has 166 valence electrons. The maximum absolute atomic E-state index is 10.9. The van der Waals surface area contributed by atoms with Gasteiger partial charge in [0.2, 0.25) is 0 Å². The monoisotopic (exact) mass is 429 g/mol. The first-order valence-corrected chi connectivity index (χ1v) is 12.0. The molecule has 6 rings (SSSR count). The summed E-state index contributed by atoms with van der Waals surface area (Å²) in [7, 11) is 0. The number of ether oxygens (including phenoxy) is 1. The van der Waals surface area contributed by atoms with Gasteiger partial charge in [0.05, 0.1) is 12.2 Å². The highest BCUT2D eigenvalue weighted by molar-refractivity contribution is 5.90. The van der Waals surface area contributed by atoms with E-state index in [9.17, 15) is 10.2 Å². The van der Waals surface area contributed by atoms with Crippen molar-refractivity contribution in [1.29, 1.82) is 0 Å². The molecule has 3 aliphatic rings. The number of fused-ring (bicyclic) bond motifs is 4. The van der Waals surface area contributed by atoms with Gasteiger partial charge in [0.15, 0.2) is 0 Å². The van der Waals surface area contributed by atoms with Crippen LogP contribution >= 0.6 is 0 Å². The first-order chi connectivity index (χ1) is 15.6. The third kappa shape index (κ3) is 3.51. The SMILES string of the molecule is O[C@@H](CN1CCC2(CC1)C[C@H](O)c1ccc3ccccc3c1O2)c1ccc2c(c1)CCC2. The molecule has 2 atom stereocenters. The highest BCUT2D eigenvalue weighted by atomic mass is 16.5. The van der Waals surface area contributed by atoms with Gasteiger partial charge in [0.25, 0.3) is 0 Å². The van der Waals surface area contributed by atoms with E-state index in [4.69, 9.17) is 4.74 Å². The van der Waals surface area contributed by atoms with Crippen LogP contribution in [0.1, 0.15) is 60.1 Å². The van der Waals surface area contributed by atoms with E-state index < -0.39 is 12.2 Å². The Morgan fingerprint density at radius 2 is 1.81 bits per heavy atom. The number of likely N-dealkylation sites (tertiary alicyclic amines) is 1. The number of β-amino-alcohol motifs (C(OH)–C–C–N with tert-alkyl or cyclic N) is 1. The topological polar surface area (TPSA) is 52.9 Å². The van der Waals surface area contributed by atoms with E-state index in [2.05, 4.69) is 41.3 Å². The fourth-order valence-corrected chi connectivity index (χ4v) is 5.95. The second-order valence-electron chi connectivity index (χ2n) is 9.91. The van der Waals surface area contributed by atoms with Gasteiger partial charge in [-0.15, -0.1) is 0 Å². The van der Waals surface area contributed by atoms with Crippen LogP contribution in [0.15, 0.2) is 54.6 Å². The molecule has 0 amide bonds. The fraction of sp³-hybridized carbons (Fsp3) is 0.429. The highest BCUT2D eigenvalue weighted by Crippen LogP contribution is 2.47. The molecule has 0 unspecified atom stereocenters. The van der Waals surface area contributed by atoms with Crippen molar-refractivity contribution in [3.8, 4) is 5.75 Å². The average Bonchev–Trinajstić information content (AvgIpc) is 3.29. The Hall–Kier alpha value is -2.40. The zero-order chi connectivity index (χ0) is 21.7. The van der Waals surface area contributed by atoms with Gasteiger partial charge in [-0.05, 0) is 54.2 Å². The molecule has 4 nitrogen and oxygen atoms in total. The Kier molecular flexibility index (Phi) is 4.98. The van der Waals surface area contributed by atoms with Crippen molar-refractivity contribution in [2.75, 3.05) is 19.6 Å². The van der Waals surface area contributed by atoms with Gasteiger partial charge in [-0.2, -0.15) is 0 Å². The fourth-order valence-electron chi connectivity index (χ4n) is 5.95. The maximum atomic E-state index is 10.9. The Balaban J connectivity index is 1.16. The predicted molar refractivity (Wildman–Crippen MR) is 126 cm³/mol. The van der Waals surface area contributed by atoms with E-state index >= 15 is 0 Å². The summed E-state index contributed by atoms with van der Waals surface area (Å²) in [4.78, 5) is 2.34. The Morgan fingerprint density at radius 3 is 2.69 bits per heavy atom. The van der Waals surface area contributed by atoms with E-state index in [1.165, 1.54) is 24.0 Å². The molecule has 2 N–H and O–H groups in total. The number of benzene rings is 3. The van der Waals surface area contributed by atoms with Crippen molar-refractivity contribution in [3.63, 3.8) is 0 Å². The van der Waals surface area contributed by atoms with Gasteiger partial charge >= 0.3 is 0 Å². The van der Waals surface area contributed by atoms with Crippen LogP contribution in [0.25, 0.3) is 10.8 Å². The lowest BCUT2D eigenvalue weighted by Gasteiger charge is -2.46. The predicted octanol–water partition coefficient (Wildman–Crippen LogP) is 4.71. The Labute approximate surface area is 189 Å². The number of nitrogens with zero attached hydrogens (tertiary/aromatic N) is 1. The van der Waals surface area contributed by atoms with E-state index in [1.807, 2.05) is 18.2 Å². The molecule has 32 heavy (non-hydrogen) atoms. The van der Waals surface area contributed by atoms with Crippen LogP contribution in [0.3, 0.4) is 0 Å². The maximum Gasteiger partial charge on any atom is 0.133 e. The Bertz CT molecular complexity index is 1150. The Morgan fingerprint density at radius 1 is 1.00 bits per heavy atom. The summed E-state index contributed by atoms with van der Waals surface area (Å²) in [5.74, 6) is 0.855. The molecule has 2 aliphatic heterocycles. The molecule has 0 saturated carbocycles. The number of hydrogen-bond acceptors (Lipinski definition) is 4. The number of hydrogen-bond donors (Lipinski definition) is 2. The summed E-state index contributed by atoms with van der Waals surface area (Å²) >= 11 is 0. The lowest BCUT2D eigenvalue weighted by molar-refractivity contribution is -0.0577. The summed E-state index contributed by atoms with van der Waals surface area (Å²) < 4.78 is 6.68. The summed E-state index contributed by atoms with van der Waals surface area (Å²) in [5, 5.41) is 24.1. The summed E-state index contributed by atoms with van der Waals surface area (Å²) in [6, 6.07) is 18.8. The van der Waals surface area contributed by atoms with Crippen LogP contribution in [0.5, 0.6) is 5.75 Å². The first kappa shape index (κ1) is 20.2. The third-order valence-corrected chi connectivity index (χ3v) is 7.86.